The quantitative estimate of drug-likeness (QED) is 0.808. The van der Waals surface area contributed by atoms with E-state index >= 15 is 0 Å². The van der Waals surface area contributed by atoms with Gasteiger partial charge in [0.15, 0.2) is 5.65 Å². The Bertz CT molecular complexity index is 804. The van der Waals surface area contributed by atoms with Gasteiger partial charge in [-0.05, 0) is 55.8 Å². The molecule has 4 rings (SSSR count). The number of benzene rings is 1. The minimum Gasteiger partial charge on any atom is -0.317 e. The predicted molar refractivity (Wildman–Crippen MR) is 87.9 cm³/mol. The van der Waals surface area contributed by atoms with Crippen molar-refractivity contribution in [1.82, 2.24) is 19.9 Å². The maximum atomic E-state index is 13.1. The van der Waals surface area contributed by atoms with Crippen molar-refractivity contribution in [2.24, 2.45) is 0 Å². The average Bonchev–Trinajstić information content (AvgIpc) is 2.95. The summed E-state index contributed by atoms with van der Waals surface area (Å²) in [5, 5.41) is 3.40. The summed E-state index contributed by atoms with van der Waals surface area (Å²) in [4.78, 5) is 9.34. The smallest absolute Gasteiger partial charge is 0.160 e. The van der Waals surface area contributed by atoms with Crippen molar-refractivity contribution >= 4 is 11.2 Å². The van der Waals surface area contributed by atoms with E-state index in [1.807, 2.05) is 30.5 Å². The lowest BCUT2D eigenvalue weighted by Crippen LogP contribution is -2.30. The lowest BCUT2D eigenvalue weighted by Gasteiger charge is -2.26. The number of nitrogens with one attached hydrogen (secondary N) is 1. The predicted octanol–water partition coefficient (Wildman–Crippen LogP) is 3.09. The Hall–Kier alpha value is -2.27. The van der Waals surface area contributed by atoms with Crippen LogP contribution in [0.15, 0.2) is 42.6 Å². The fourth-order valence-corrected chi connectivity index (χ4v) is 3.33. The van der Waals surface area contributed by atoms with Crippen molar-refractivity contribution in [3.05, 3.63) is 59.8 Å². The van der Waals surface area contributed by atoms with Crippen molar-refractivity contribution < 1.29 is 4.39 Å². The van der Waals surface area contributed by atoms with Gasteiger partial charge in [0, 0.05) is 18.7 Å². The zero-order valence-electron chi connectivity index (χ0n) is 12.9. The number of piperidine rings is 1. The molecule has 0 aliphatic carbocycles. The summed E-state index contributed by atoms with van der Waals surface area (Å²) >= 11 is 0. The van der Waals surface area contributed by atoms with Gasteiger partial charge in [-0.15, -0.1) is 0 Å². The van der Waals surface area contributed by atoms with E-state index in [9.17, 15) is 4.39 Å². The number of rotatable bonds is 3. The molecule has 1 saturated heterocycles. The average molecular weight is 310 g/mol. The lowest BCUT2D eigenvalue weighted by atomic mass is 10.1. The molecule has 3 aromatic rings. The molecule has 0 radical (unpaired) electrons. The summed E-state index contributed by atoms with van der Waals surface area (Å²) in [7, 11) is 0. The van der Waals surface area contributed by atoms with Crippen LogP contribution in [0.1, 0.15) is 30.3 Å². The highest BCUT2D eigenvalue weighted by atomic mass is 19.1. The van der Waals surface area contributed by atoms with Crippen LogP contribution in [0.25, 0.3) is 11.2 Å². The number of pyridine rings is 1. The maximum absolute atomic E-state index is 13.1. The first-order valence-corrected chi connectivity index (χ1v) is 8.08. The molecule has 1 fully saturated rings. The molecule has 0 bridgehead atoms. The second-order valence-corrected chi connectivity index (χ2v) is 6.03. The minimum absolute atomic E-state index is 0.206. The van der Waals surface area contributed by atoms with Crippen LogP contribution in [-0.4, -0.2) is 27.6 Å². The first-order chi connectivity index (χ1) is 11.3. The fourth-order valence-electron chi connectivity index (χ4n) is 3.33. The van der Waals surface area contributed by atoms with Crippen molar-refractivity contribution in [2.45, 2.75) is 25.3 Å². The van der Waals surface area contributed by atoms with Crippen LogP contribution in [0, 0.1) is 5.82 Å². The van der Waals surface area contributed by atoms with Gasteiger partial charge in [-0.3, -0.25) is 0 Å². The molecular formula is C18H19FN4. The fraction of sp³-hybridized carbons (Fsp3) is 0.333. The summed E-state index contributed by atoms with van der Waals surface area (Å²) in [5.41, 5.74) is 2.96. The molecule has 118 valence electrons. The maximum Gasteiger partial charge on any atom is 0.160 e. The van der Waals surface area contributed by atoms with Crippen LogP contribution in [-0.2, 0) is 6.42 Å². The van der Waals surface area contributed by atoms with Crippen LogP contribution >= 0.6 is 0 Å². The van der Waals surface area contributed by atoms with Crippen molar-refractivity contribution in [1.29, 1.82) is 0 Å². The number of fused-ring (bicyclic) bond motifs is 1. The van der Waals surface area contributed by atoms with E-state index in [1.165, 1.54) is 12.1 Å². The van der Waals surface area contributed by atoms with E-state index in [0.29, 0.717) is 12.5 Å². The number of hydrogen-bond acceptors (Lipinski definition) is 3. The zero-order chi connectivity index (χ0) is 15.6. The highest BCUT2D eigenvalue weighted by Crippen LogP contribution is 2.27. The molecule has 2 aromatic heterocycles. The van der Waals surface area contributed by atoms with Crippen LogP contribution in [0.3, 0.4) is 0 Å². The normalized spacial score (nSPS) is 16.0. The van der Waals surface area contributed by atoms with Gasteiger partial charge in [-0.1, -0.05) is 12.1 Å². The molecule has 1 aliphatic rings. The Morgan fingerprint density at radius 2 is 1.91 bits per heavy atom. The van der Waals surface area contributed by atoms with E-state index < -0.39 is 0 Å². The second kappa shape index (κ2) is 6.08. The Labute approximate surface area is 134 Å². The zero-order valence-corrected chi connectivity index (χ0v) is 12.9. The molecule has 3 heterocycles. The molecule has 0 unspecified atom stereocenters. The van der Waals surface area contributed by atoms with Crippen molar-refractivity contribution in [3.63, 3.8) is 0 Å². The highest BCUT2D eigenvalue weighted by Gasteiger charge is 2.21. The monoisotopic (exact) mass is 310 g/mol. The minimum atomic E-state index is -0.206. The van der Waals surface area contributed by atoms with Gasteiger partial charge in [0.25, 0.3) is 0 Å². The number of aromatic nitrogens is 3. The number of nitrogens with zero attached hydrogens (tertiary/aromatic N) is 3. The largest absolute Gasteiger partial charge is 0.317 e. The molecule has 0 saturated carbocycles. The molecule has 0 amide bonds. The molecule has 4 nitrogen and oxygen atoms in total. The number of hydrogen-bond donors (Lipinski definition) is 1. The SMILES string of the molecule is Fc1ccc(Cc2nc3cccnc3n2C2CCNCC2)cc1. The third-order valence-corrected chi connectivity index (χ3v) is 4.47. The summed E-state index contributed by atoms with van der Waals surface area (Å²) in [6, 6.07) is 11.0. The Morgan fingerprint density at radius 3 is 2.70 bits per heavy atom. The Kier molecular flexibility index (Phi) is 3.79. The molecule has 23 heavy (non-hydrogen) atoms. The summed E-state index contributed by atoms with van der Waals surface area (Å²) in [6.07, 6.45) is 4.68. The molecule has 1 aromatic carbocycles. The van der Waals surface area contributed by atoms with Gasteiger partial charge in [0.2, 0.25) is 0 Å². The summed E-state index contributed by atoms with van der Waals surface area (Å²) < 4.78 is 15.4. The number of halogens is 1. The Balaban J connectivity index is 1.76. The van der Waals surface area contributed by atoms with Crippen LogP contribution in [0.2, 0.25) is 0 Å². The second-order valence-electron chi connectivity index (χ2n) is 6.03. The molecular weight excluding hydrogens is 291 g/mol. The molecule has 0 spiro atoms. The van der Waals surface area contributed by atoms with Gasteiger partial charge in [0.1, 0.15) is 17.2 Å². The van der Waals surface area contributed by atoms with E-state index in [-0.39, 0.29) is 5.82 Å². The van der Waals surface area contributed by atoms with Crippen molar-refractivity contribution in [2.75, 3.05) is 13.1 Å². The van der Waals surface area contributed by atoms with E-state index in [1.54, 1.807) is 0 Å². The van der Waals surface area contributed by atoms with Gasteiger partial charge in [-0.2, -0.15) is 0 Å². The van der Waals surface area contributed by atoms with E-state index in [4.69, 9.17) is 4.98 Å². The molecule has 5 heteroatoms. The number of imidazole rings is 1. The topological polar surface area (TPSA) is 42.7 Å². The van der Waals surface area contributed by atoms with E-state index in [0.717, 1.165) is 48.5 Å². The van der Waals surface area contributed by atoms with Gasteiger partial charge in [-0.25, -0.2) is 14.4 Å². The van der Waals surface area contributed by atoms with Gasteiger partial charge < -0.3 is 9.88 Å². The van der Waals surface area contributed by atoms with E-state index in [2.05, 4.69) is 14.9 Å². The van der Waals surface area contributed by atoms with Crippen LogP contribution in [0.4, 0.5) is 4.39 Å². The summed E-state index contributed by atoms with van der Waals surface area (Å²) in [5.74, 6) is 0.805. The molecule has 0 atom stereocenters. The van der Waals surface area contributed by atoms with Gasteiger partial charge >= 0.3 is 0 Å². The molecule has 1 N–H and O–H groups in total. The third-order valence-electron chi connectivity index (χ3n) is 4.47. The standard InChI is InChI=1S/C18H19FN4/c19-14-5-3-13(4-6-14)12-17-22-16-2-1-9-21-18(16)23(17)15-7-10-20-11-8-15/h1-6,9,15,20H,7-8,10-12H2. The lowest BCUT2D eigenvalue weighted by molar-refractivity contribution is 0.367. The first-order valence-electron chi connectivity index (χ1n) is 8.08. The first kappa shape index (κ1) is 14.3. The third kappa shape index (κ3) is 2.84. The van der Waals surface area contributed by atoms with Crippen LogP contribution in [0.5, 0.6) is 0 Å². The Morgan fingerprint density at radius 1 is 1.13 bits per heavy atom. The molecule has 1 aliphatic heterocycles. The van der Waals surface area contributed by atoms with Gasteiger partial charge in [0.05, 0.1) is 0 Å². The van der Waals surface area contributed by atoms with Crippen LogP contribution < -0.4 is 5.32 Å². The highest BCUT2D eigenvalue weighted by molar-refractivity contribution is 5.71. The van der Waals surface area contributed by atoms with Crippen molar-refractivity contribution in [3.8, 4) is 0 Å². The summed E-state index contributed by atoms with van der Waals surface area (Å²) in [6.45, 7) is 2.04.